The number of nitrogens with zero attached hydrogens (tertiary/aromatic N) is 4. The van der Waals surface area contributed by atoms with Crippen molar-refractivity contribution in [2.75, 3.05) is 5.73 Å². The molecule has 0 saturated heterocycles. The molecule has 2 N–H and O–H groups in total. The number of Topliss-reactive ketones (excluding diaryl/α,β-unsaturated/α-hetero) is 1. The normalized spacial score (nSPS) is 20.3. The first-order chi connectivity index (χ1) is 8.16. The summed E-state index contributed by atoms with van der Waals surface area (Å²) >= 11 is 2.12. The smallest absolute Gasteiger partial charge is 0.164 e. The number of fused-ring (bicyclic) bond motifs is 1. The Hall–Kier alpha value is -1.25. The number of aromatic nitrogens is 4. The third-order valence-electron chi connectivity index (χ3n) is 3.04. The molecule has 1 unspecified atom stereocenters. The van der Waals surface area contributed by atoms with Gasteiger partial charge < -0.3 is 5.73 Å². The molecule has 2 aromatic rings. The van der Waals surface area contributed by atoms with E-state index in [1.54, 1.807) is 0 Å². The average molecular weight is 343 g/mol. The lowest BCUT2D eigenvalue weighted by molar-refractivity contribution is -0.117. The van der Waals surface area contributed by atoms with Gasteiger partial charge in [0.25, 0.3) is 0 Å². The molecule has 17 heavy (non-hydrogen) atoms. The summed E-state index contributed by atoms with van der Waals surface area (Å²) in [5, 5.41) is 5.22. The number of hydrogen-bond donors (Lipinski definition) is 1. The van der Waals surface area contributed by atoms with E-state index >= 15 is 0 Å². The Kier molecular flexibility index (Phi) is 2.49. The van der Waals surface area contributed by atoms with Crippen molar-refractivity contribution >= 4 is 45.2 Å². The first-order valence-electron chi connectivity index (χ1n) is 5.32. The summed E-state index contributed by atoms with van der Waals surface area (Å²) in [6.07, 6.45) is 3.43. The molecule has 6 nitrogen and oxygen atoms in total. The Morgan fingerprint density at radius 2 is 2.29 bits per heavy atom. The van der Waals surface area contributed by atoms with Crippen LogP contribution in [-0.4, -0.2) is 25.5 Å². The van der Waals surface area contributed by atoms with Gasteiger partial charge in [0.2, 0.25) is 0 Å². The first-order valence-corrected chi connectivity index (χ1v) is 6.40. The van der Waals surface area contributed by atoms with Crippen molar-refractivity contribution < 1.29 is 4.79 Å². The number of carbonyl (C=O) groups is 1. The minimum atomic E-state index is 0.114. The summed E-state index contributed by atoms with van der Waals surface area (Å²) in [5.74, 6) is 0.727. The highest BCUT2D eigenvalue weighted by atomic mass is 127. The van der Waals surface area contributed by atoms with E-state index in [9.17, 15) is 4.79 Å². The van der Waals surface area contributed by atoms with E-state index in [0.717, 1.165) is 21.2 Å². The van der Waals surface area contributed by atoms with Gasteiger partial charge in [0, 0.05) is 12.8 Å². The van der Waals surface area contributed by atoms with Gasteiger partial charge in [-0.25, -0.2) is 14.6 Å². The standard InChI is InChI=1S/C10H10IN5O/c11-8-7-9(12)13-4-14-10(7)16(15-8)5-1-2-6(17)3-5/h4-5H,1-3H2,(H2,12,13,14). The molecule has 0 aromatic carbocycles. The van der Waals surface area contributed by atoms with E-state index in [-0.39, 0.29) is 11.8 Å². The molecule has 7 heteroatoms. The molecule has 1 fully saturated rings. The molecule has 2 heterocycles. The number of hydrogen-bond acceptors (Lipinski definition) is 5. The molecule has 0 radical (unpaired) electrons. The van der Waals surface area contributed by atoms with Crippen LogP contribution in [0, 0.1) is 3.70 Å². The van der Waals surface area contributed by atoms with Gasteiger partial charge in [-0.3, -0.25) is 4.79 Å². The molecular formula is C10H10IN5O. The number of ketones is 1. The van der Waals surface area contributed by atoms with Gasteiger partial charge in [-0.05, 0) is 29.0 Å². The second-order valence-electron chi connectivity index (χ2n) is 4.13. The van der Waals surface area contributed by atoms with Crippen LogP contribution in [0.4, 0.5) is 5.82 Å². The SMILES string of the molecule is Nc1ncnc2c1c(I)nn2C1CCC(=O)C1. The van der Waals surface area contributed by atoms with Crippen LogP contribution in [0.5, 0.6) is 0 Å². The zero-order valence-corrected chi connectivity index (χ0v) is 11.1. The maximum Gasteiger partial charge on any atom is 0.164 e. The lowest BCUT2D eigenvalue weighted by Gasteiger charge is -2.09. The summed E-state index contributed by atoms with van der Waals surface area (Å²) in [7, 11) is 0. The van der Waals surface area contributed by atoms with Gasteiger partial charge in [0.1, 0.15) is 21.6 Å². The van der Waals surface area contributed by atoms with Crippen LogP contribution in [0.25, 0.3) is 11.0 Å². The number of carbonyl (C=O) groups excluding carboxylic acids is 1. The van der Waals surface area contributed by atoms with Crippen LogP contribution >= 0.6 is 22.6 Å². The Morgan fingerprint density at radius 3 is 3.00 bits per heavy atom. The molecule has 0 spiro atoms. The van der Waals surface area contributed by atoms with Gasteiger partial charge in [-0.2, -0.15) is 5.10 Å². The molecule has 1 aliphatic carbocycles. The summed E-state index contributed by atoms with van der Waals surface area (Å²) in [6, 6.07) is 0.114. The van der Waals surface area contributed by atoms with Crippen LogP contribution in [0.3, 0.4) is 0 Å². The highest BCUT2D eigenvalue weighted by Gasteiger charge is 2.27. The highest BCUT2D eigenvalue weighted by molar-refractivity contribution is 14.1. The monoisotopic (exact) mass is 343 g/mol. The topological polar surface area (TPSA) is 86.7 Å². The van der Waals surface area contributed by atoms with Crippen LogP contribution in [0.15, 0.2) is 6.33 Å². The Labute approximate surface area is 111 Å². The lowest BCUT2D eigenvalue weighted by atomic mass is 10.2. The summed E-state index contributed by atoms with van der Waals surface area (Å²) in [6.45, 7) is 0. The molecular weight excluding hydrogens is 333 g/mol. The van der Waals surface area contributed by atoms with Crippen molar-refractivity contribution in [2.45, 2.75) is 25.3 Å². The second kappa shape index (κ2) is 3.90. The van der Waals surface area contributed by atoms with Crippen molar-refractivity contribution in [2.24, 2.45) is 0 Å². The zero-order chi connectivity index (χ0) is 12.0. The predicted molar refractivity (Wildman–Crippen MR) is 70.3 cm³/mol. The third-order valence-corrected chi connectivity index (χ3v) is 3.80. The van der Waals surface area contributed by atoms with Gasteiger partial charge in [0.05, 0.1) is 11.4 Å². The molecule has 3 rings (SSSR count). The molecule has 0 amide bonds. The van der Waals surface area contributed by atoms with Gasteiger partial charge in [-0.15, -0.1) is 0 Å². The second-order valence-corrected chi connectivity index (χ2v) is 5.15. The Balaban J connectivity index is 2.18. The Morgan fingerprint density at radius 1 is 1.47 bits per heavy atom. The molecule has 0 bridgehead atoms. The fraction of sp³-hybridized carbons (Fsp3) is 0.400. The van der Waals surface area contributed by atoms with Crippen LogP contribution in [0.2, 0.25) is 0 Å². The molecule has 1 atom stereocenters. The fourth-order valence-electron chi connectivity index (χ4n) is 2.21. The molecule has 2 aromatic heterocycles. The van der Waals surface area contributed by atoms with Crippen LogP contribution < -0.4 is 5.73 Å². The molecule has 88 valence electrons. The van der Waals surface area contributed by atoms with Gasteiger partial charge >= 0.3 is 0 Å². The van der Waals surface area contributed by atoms with Crippen molar-refractivity contribution in [3.63, 3.8) is 0 Å². The van der Waals surface area contributed by atoms with Gasteiger partial charge in [-0.1, -0.05) is 0 Å². The first kappa shape index (κ1) is 10.9. The third kappa shape index (κ3) is 1.68. The van der Waals surface area contributed by atoms with E-state index in [1.165, 1.54) is 6.33 Å². The highest BCUT2D eigenvalue weighted by Crippen LogP contribution is 2.31. The Bertz CT molecular complexity index is 608. The minimum absolute atomic E-state index is 0.114. The number of halogens is 1. The van der Waals surface area contributed by atoms with E-state index in [4.69, 9.17) is 5.73 Å². The van der Waals surface area contributed by atoms with Crippen LogP contribution in [-0.2, 0) is 4.79 Å². The number of rotatable bonds is 1. The largest absolute Gasteiger partial charge is 0.383 e. The summed E-state index contributed by atoms with van der Waals surface area (Å²) in [4.78, 5) is 19.5. The van der Waals surface area contributed by atoms with Crippen LogP contribution in [0.1, 0.15) is 25.3 Å². The van der Waals surface area contributed by atoms with E-state index in [0.29, 0.717) is 18.7 Å². The minimum Gasteiger partial charge on any atom is -0.383 e. The van der Waals surface area contributed by atoms with Crippen molar-refractivity contribution in [3.8, 4) is 0 Å². The van der Waals surface area contributed by atoms with E-state index in [2.05, 4.69) is 37.7 Å². The molecule has 1 saturated carbocycles. The number of nitrogens with two attached hydrogens (primary N) is 1. The molecule has 1 aliphatic rings. The van der Waals surface area contributed by atoms with E-state index < -0.39 is 0 Å². The van der Waals surface area contributed by atoms with Gasteiger partial charge in [0.15, 0.2) is 5.65 Å². The predicted octanol–water partition coefficient (Wildman–Crippen LogP) is 1.31. The summed E-state index contributed by atoms with van der Waals surface area (Å²) < 4.78 is 2.61. The van der Waals surface area contributed by atoms with E-state index in [1.807, 2.05) is 4.68 Å². The van der Waals surface area contributed by atoms with Crippen molar-refractivity contribution in [3.05, 3.63) is 10.0 Å². The van der Waals surface area contributed by atoms with Crippen molar-refractivity contribution in [1.82, 2.24) is 19.7 Å². The maximum absolute atomic E-state index is 11.3. The van der Waals surface area contributed by atoms with Crippen molar-refractivity contribution in [1.29, 1.82) is 0 Å². The maximum atomic E-state index is 11.3. The summed E-state index contributed by atoms with van der Waals surface area (Å²) in [5.41, 5.74) is 6.54. The zero-order valence-electron chi connectivity index (χ0n) is 8.93. The quantitative estimate of drug-likeness (QED) is 0.789. The number of nitrogen functional groups attached to an aromatic ring is 1. The molecule has 0 aliphatic heterocycles. The fourth-order valence-corrected chi connectivity index (χ4v) is 2.96. The number of anilines is 1. The average Bonchev–Trinajstić information content (AvgIpc) is 2.84. The lowest BCUT2D eigenvalue weighted by Crippen LogP contribution is -2.08.